The van der Waals surface area contributed by atoms with Gasteiger partial charge in [0.1, 0.15) is 11.5 Å². The Morgan fingerprint density at radius 1 is 1.32 bits per heavy atom. The molecule has 2 aliphatic rings. The van der Waals surface area contributed by atoms with Gasteiger partial charge in [-0.2, -0.15) is 5.26 Å². The van der Waals surface area contributed by atoms with E-state index >= 15 is 0 Å². The molecule has 0 N–H and O–H groups in total. The van der Waals surface area contributed by atoms with Gasteiger partial charge in [0, 0.05) is 12.3 Å². The van der Waals surface area contributed by atoms with Gasteiger partial charge >= 0.3 is 0 Å². The zero-order chi connectivity index (χ0) is 19.5. The lowest BCUT2D eigenvalue weighted by atomic mass is 9.86. The predicted molar refractivity (Wildman–Crippen MR) is 106 cm³/mol. The number of nitriles is 1. The Hall–Kier alpha value is -2.69. The summed E-state index contributed by atoms with van der Waals surface area (Å²) in [7, 11) is 0. The van der Waals surface area contributed by atoms with Gasteiger partial charge in [-0.1, -0.05) is 23.9 Å². The SMILES string of the molecule is CCOc1ccc(C2CC(=O)N3CN(Cc4ccco4)CSC3=C2C#N)cc1. The number of ether oxygens (including phenoxy) is 1. The number of carbonyl (C=O) groups is 1. The average Bonchev–Trinajstić information content (AvgIpc) is 3.22. The van der Waals surface area contributed by atoms with Crippen LogP contribution in [0.2, 0.25) is 0 Å². The van der Waals surface area contributed by atoms with Gasteiger partial charge < -0.3 is 9.15 Å². The summed E-state index contributed by atoms with van der Waals surface area (Å²) in [5.41, 5.74) is 1.64. The Bertz CT molecular complexity index is 915. The van der Waals surface area contributed by atoms with Crippen molar-refractivity contribution >= 4 is 17.7 Å². The summed E-state index contributed by atoms with van der Waals surface area (Å²) in [6.45, 7) is 3.66. The molecule has 1 saturated heterocycles. The van der Waals surface area contributed by atoms with Crippen LogP contribution < -0.4 is 4.74 Å². The Kier molecular flexibility index (Phi) is 5.42. The number of rotatable bonds is 5. The van der Waals surface area contributed by atoms with Crippen molar-refractivity contribution in [2.45, 2.75) is 25.8 Å². The van der Waals surface area contributed by atoms with Crippen molar-refractivity contribution < 1.29 is 13.9 Å². The Labute approximate surface area is 168 Å². The zero-order valence-electron chi connectivity index (χ0n) is 15.6. The van der Waals surface area contributed by atoms with E-state index in [1.165, 1.54) is 0 Å². The van der Waals surface area contributed by atoms with Gasteiger partial charge in [-0.05, 0) is 36.8 Å². The lowest BCUT2D eigenvalue weighted by Crippen LogP contribution is -2.46. The van der Waals surface area contributed by atoms with E-state index in [9.17, 15) is 10.1 Å². The summed E-state index contributed by atoms with van der Waals surface area (Å²) in [4.78, 5) is 16.8. The number of thioether (sulfide) groups is 1. The van der Waals surface area contributed by atoms with Crippen LogP contribution in [-0.4, -0.2) is 34.9 Å². The molecule has 1 amide bonds. The van der Waals surface area contributed by atoms with Gasteiger partial charge in [0.15, 0.2) is 0 Å². The number of carbonyl (C=O) groups excluding carboxylic acids is 1. The fraction of sp³-hybridized carbons (Fsp3) is 0.333. The molecule has 7 heteroatoms. The van der Waals surface area contributed by atoms with E-state index in [0.717, 1.165) is 22.1 Å². The second kappa shape index (κ2) is 8.13. The summed E-state index contributed by atoms with van der Waals surface area (Å²) in [6, 6.07) is 13.9. The van der Waals surface area contributed by atoms with E-state index in [4.69, 9.17) is 9.15 Å². The van der Waals surface area contributed by atoms with E-state index in [1.807, 2.05) is 43.3 Å². The Balaban J connectivity index is 1.57. The smallest absolute Gasteiger partial charge is 0.229 e. The molecule has 0 radical (unpaired) electrons. The molecule has 1 unspecified atom stereocenters. The monoisotopic (exact) mass is 395 g/mol. The highest BCUT2D eigenvalue weighted by atomic mass is 32.2. The maximum Gasteiger partial charge on any atom is 0.229 e. The van der Waals surface area contributed by atoms with Crippen molar-refractivity contribution in [1.29, 1.82) is 5.26 Å². The molecule has 6 nitrogen and oxygen atoms in total. The first-order chi connectivity index (χ1) is 13.7. The second-order valence-electron chi connectivity index (χ2n) is 6.73. The largest absolute Gasteiger partial charge is 0.494 e. The van der Waals surface area contributed by atoms with Crippen LogP contribution in [0.1, 0.15) is 30.6 Å². The topological polar surface area (TPSA) is 69.7 Å². The molecule has 1 atom stereocenters. The molecular formula is C21H21N3O3S. The minimum atomic E-state index is -0.205. The highest BCUT2D eigenvalue weighted by molar-refractivity contribution is 8.03. The molecule has 28 heavy (non-hydrogen) atoms. The van der Waals surface area contributed by atoms with Crippen LogP contribution in [0.25, 0.3) is 0 Å². The molecule has 3 heterocycles. The number of furan rings is 1. The van der Waals surface area contributed by atoms with Crippen molar-refractivity contribution in [2.24, 2.45) is 0 Å². The van der Waals surface area contributed by atoms with E-state index in [2.05, 4.69) is 11.0 Å². The highest BCUT2D eigenvalue weighted by Crippen LogP contribution is 2.42. The van der Waals surface area contributed by atoms with Crippen LogP contribution in [0.3, 0.4) is 0 Å². The van der Waals surface area contributed by atoms with Gasteiger partial charge in [0.25, 0.3) is 0 Å². The lowest BCUT2D eigenvalue weighted by molar-refractivity contribution is -0.132. The maximum absolute atomic E-state index is 12.9. The zero-order valence-corrected chi connectivity index (χ0v) is 16.4. The third-order valence-corrected chi connectivity index (χ3v) is 6.11. The standard InChI is InChI=1S/C21H21N3O3S/c1-2-26-16-7-5-15(6-8-16)18-10-20(25)24-13-23(12-17-4-3-9-27-17)14-28-21(24)19(18)11-22/h3-9,18H,2,10,12-14H2,1H3. The van der Waals surface area contributed by atoms with Crippen molar-refractivity contribution in [3.8, 4) is 11.8 Å². The molecule has 0 saturated carbocycles. The van der Waals surface area contributed by atoms with E-state index in [-0.39, 0.29) is 11.8 Å². The summed E-state index contributed by atoms with van der Waals surface area (Å²) in [5.74, 6) is 2.21. The minimum Gasteiger partial charge on any atom is -0.494 e. The van der Waals surface area contributed by atoms with Gasteiger partial charge in [0.05, 0.1) is 48.6 Å². The number of allylic oxidation sites excluding steroid dienone is 1. The van der Waals surface area contributed by atoms with Crippen LogP contribution in [0.15, 0.2) is 57.7 Å². The molecule has 1 aromatic heterocycles. The third-order valence-electron chi connectivity index (χ3n) is 4.90. The number of hydrogen-bond acceptors (Lipinski definition) is 6. The van der Waals surface area contributed by atoms with E-state index < -0.39 is 0 Å². The molecule has 2 aliphatic heterocycles. The fourth-order valence-corrected chi connectivity index (χ4v) is 4.72. The lowest BCUT2D eigenvalue weighted by Gasteiger charge is -2.41. The first-order valence-corrected chi connectivity index (χ1v) is 10.2. The average molecular weight is 395 g/mol. The molecule has 2 aromatic rings. The highest BCUT2D eigenvalue weighted by Gasteiger charge is 2.38. The van der Waals surface area contributed by atoms with Crippen LogP contribution in [0.4, 0.5) is 0 Å². The van der Waals surface area contributed by atoms with Crippen LogP contribution >= 0.6 is 11.8 Å². The van der Waals surface area contributed by atoms with E-state index in [1.54, 1.807) is 22.9 Å². The molecule has 4 rings (SSSR count). The molecule has 0 aliphatic carbocycles. The van der Waals surface area contributed by atoms with Crippen LogP contribution in [0, 0.1) is 11.3 Å². The van der Waals surface area contributed by atoms with E-state index in [0.29, 0.717) is 37.7 Å². The maximum atomic E-state index is 12.9. The van der Waals surface area contributed by atoms with Gasteiger partial charge in [-0.15, -0.1) is 0 Å². The van der Waals surface area contributed by atoms with Gasteiger partial charge in [0.2, 0.25) is 5.91 Å². The molecule has 0 bridgehead atoms. The summed E-state index contributed by atoms with van der Waals surface area (Å²) < 4.78 is 10.9. The fourth-order valence-electron chi connectivity index (χ4n) is 3.58. The van der Waals surface area contributed by atoms with Crippen LogP contribution in [0.5, 0.6) is 5.75 Å². The Morgan fingerprint density at radius 2 is 2.14 bits per heavy atom. The van der Waals surface area contributed by atoms with Crippen molar-refractivity contribution in [1.82, 2.24) is 9.80 Å². The number of nitrogens with zero attached hydrogens (tertiary/aromatic N) is 3. The summed E-state index contributed by atoms with van der Waals surface area (Å²) in [6.07, 6.45) is 1.95. The van der Waals surface area contributed by atoms with Crippen LogP contribution in [-0.2, 0) is 11.3 Å². The summed E-state index contributed by atoms with van der Waals surface area (Å²) >= 11 is 1.55. The van der Waals surface area contributed by atoms with Crippen molar-refractivity contribution in [3.05, 3.63) is 64.6 Å². The molecule has 0 spiro atoms. The molecular weight excluding hydrogens is 374 g/mol. The summed E-state index contributed by atoms with van der Waals surface area (Å²) in [5, 5.41) is 10.6. The minimum absolute atomic E-state index is 0.0459. The van der Waals surface area contributed by atoms with Crippen molar-refractivity contribution in [3.63, 3.8) is 0 Å². The number of fused-ring (bicyclic) bond motifs is 1. The van der Waals surface area contributed by atoms with Gasteiger partial charge in [-0.25, -0.2) is 0 Å². The first-order valence-electron chi connectivity index (χ1n) is 9.24. The quantitative estimate of drug-likeness (QED) is 0.765. The molecule has 1 aromatic carbocycles. The third kappa shape index (κ3) is 3.66. The molecule has 1 fully saturated rings. The predicted octanol–water partition coefficient (Wildman–Crippen LogP) is 3.89. The number of hydrogen-bond donors (Lipinski definition) is 0. The first kappa shape index (κ1) is 18.7. The normalized spacial score (nSPS) is 20.1. The Morgan fingerprint density at radius 3 is 2.82 bits per heavy atom. The van der Waals surface area contributed by atoms with Gasteiger partial charge in [-0.3, -0.25) is 14.6 Å². The number of amides is 1. The second-order valence-corrected chi connectivity index (χ2v) is 7.67. The molecule has 144 valence electrons. The van der Waals surface area contributed by atoms with Crippen molar-refractivity contribution in [2.75, 3.05) is 19.2 Å². The number of benzene rings is 1.